The minimum Gasteiger partial charge on any atom is -1.00 e. The molecule has 26 nitrogen and oxygen atoms in total. The number of amidine groups is 1. The predicted molar refractivity (Wildman–Crippen MR) is 482 cm³/mol. The van der Waals surface area contributed by atoms with E-state index < -0.39 is 57.3 Å². The molecule has 35 heteroatoms. The number of esters is 3. The maximum atomic E-state index is 13.4. The van der Waals surface area contributed by atoms with E-state index >= 15 is 0 Å². The summed E-state index contributed by atoms with van der Waals surface area (Å²) in [7, 11) is 3.98. The van der Waals surface area contributed by atoms with Crippen LogP contribution in [0.1, 0.15) is 178 Å². The number of anilines is 1. The number of nitrogens with zero attached hydrogens (tertiary/aromatic N) is 5. The van der Waals surface area contributed by atoms with Gasteiger partial charge >= 0.3 is 80.7 Å². The molecule has 9 rings (SSSR count). The number of phenols is 1. The molecule has 6 aromatic carbocycles. The quantitative estimate of drug-likeness (QED) is 0.00278. The molecule has 0 spiro atoms. The number of nitrogens with one attached hydrogen (secondary N) is 1. The van der Waals surface area contributed by atoms with Crippen molar-refractivity contribution in [1.82, 2.24) is 19.4 Å². The zero-order valence-electron chi connectivity index (χ0n) is 74.4. The number of nitrogens with two attached hydrogens (primary N) is 2. The van der Waals surface area contributed by atoms with Crippen molar-refractivity contribution < 1.29 is 163 Å². The second kappa shape index (κ2) is 61.8. The van der Waals surface area contributed by atoms with Gasteiger partial charge in [-0.3, -0.25) is 47.8 Å². The SMILES string of the molecule is C.CC(C)(C)OC(=O)CCCBr.CC(C)(C)OC(=O)Cc1ccc(O)cc1.CC(C)(C)OC(=O)Cc1ccc(OCCNC(=O)OC(C)(C)C)cc1.CN1CC[N+](C)=C1Cl.Cl.N#C[O-].NCC(=O)Cc1ccc(OCCCC(=O)c2cccn(Cc3ccc(F)c(F)c3)c2=O)cc1.Nc1ccc(OCCCC(=O)c2cccn(Cc3ccc(F)c(F)c3)c2=O)cc1.[Cl-].[K+]. The summed E-state index contributed by atoms with van der Waals surface area (Å²) in [5.74, 6) is -3.06. The molecule has 0 aliphatic carbocycles. The number of pyridine rings is 2. The number of ether oxygens (including phenoxy) is 7. The summed E-state index contributed by atoms with van der Waals surface area (Å²) < 4.78 is 94.9. The van der Waals surface area contributed by atoms with Crippen LogP contribution in [0.5, 0.6) is 23.0 Å². The number of ketones is 3. The molecule has 6 N–H and O–H groups in total. The molecule has 3 heterocycles. The summed E-state index contributed by atoms with van der Waals surface area (Å²) in [6, 6.07) is 40.6. The molecule has 696 valence electrons. The number of carbonyl (C=O) groups is 7. The summed E-state index contributed by atoms with van der Waals surface area (Å²) in [5.41, 5.74) is 12.3. The van der Waals surface area contributed by atoms with Crippen LogP contribution in [0.3, 0.4) is 0 Å². The number of phenolic OH excluding ortho intramolecular Hbond substituents is 1. The maximum absolute atomic E-state index is 13.4. The first kappa shape index (κ1) is 120. The first-order chi connectivity index (χ1) is 58.2. The number of rotatable bonds is 30. The topological polar surface area (TPSA) is 366 Å². The summed E-state index contributed by atoms with van der Waals surface area (Å²) in [6.07, 6.45) is 6.22. The van der Waals surface area contributed by atoms with Crippen molar-refractivity contribution in [2.24, 2.45) is 5.73 Å². The van der Waals surface area contributed by atoms with Crippen LogP contribution < -0.4 is 111 Å². The number of carbonyl (C=O) groups excluding carboxylic acids is 7. The molecule has 8 aromatic rings. The molecule has 1 aliphatic heterocycles. The van der Waals surface area contributed by atoms with Gasteiger partial charge in [-0.2, -0.15) is 0 Å². The van der Waals surface area contributed by atoms with Crippen LogP contribution in [0.4, 0.5) is 28.0 Å². The fraction of sp³-hybridized carbons (Fsp3) is 0.409. The number of alkyl carbamates (subject to hydrolysis) is 1. The van der Waals surface area contributed by atoms with Gasteiger partial charge < -0.3 is 81.7 Å². The molecule has 1 aliphatic rings. The predicted octanol–water partition coefficient (Wildman–Crippen LogP) is 9.40. The van der Waals surface area contributed by atoms with Gasteiger partial charge in [0.1, 0.15) is 65.1 Å². The average Bonchev–Trinajstić information content (AvgIpc) is 0.992. The van der Waals surface area contributed by atoms with Gasteiger partial charge in [0.25, 0.3) is 11.1 Å². The Bertz CT molecular complexity index is 4940. The van der Waals surface area contributed by atoms with E-state index in [9.17, 15) is 60.7 Å². The minimum atomic E-state index is -0.994. The molecule has 0 saturated heterocycles. The van der Waals surface area contributed by atoms with Crippen molar-refractivity contribution in [1.29, 1.82) is 5.26 Å². The fourth-order valence-electron chi connectivity index (χ4n) is 10.5. The third-order valence-electron chi connectivity index (χ3n) is 16.2. The molecule has 0 unspecified atom stereocenters. The van der Waals surface area contributed by atoms with Crippen molar-refractivity contribution in [3.05, 3.63) is 253 Å². The Hall–Kier alpha value is -9.66. The molecule has 128 heavy (non-hydrogen) atoms. The van der Waals surface area contributed by atoms with E-state index in [2.05, 4.69) is 21.2 Å². The number of nitrogen functional groups attached to an aromatic ring is 1. The molecular formula is C93H119BrCl3F4KN8O18. The van der Waals surface area contributed by atoms with Crippen LogP contribution in [0, 0.1) is 34.8 Å². The number of aromatic nitrogens is 2. The number of aromatic hydroxyl groups is 1. The van der Waals surface area contributed by atoms with Gasteiger partial charge in [-0.1, -0.05) is 71.9 Å². The fourth-order valence-corrected chi connectivity index (χ4v) is 11.0. The van der Waals surface area contributed by atoms with E-state index in [1.165, 1.54) is 45.8 Å². The van der Waals surface area contributed by atoms with E-state index in [1.807, 2.05) is 119 Å². The third-order valence-corrected chi connectivity index (χ3v) is 17.3. The Morgan fingerprint density at radius 3 is 1.26 bits per heavy atom. The zero-order chi connectivity index (χ0) is 92.9. The van der Waals surface area contributed by atoms with Crippen molar-refractivity contribution in [3.63, 3.8) is 0 Å². The number of nitriles is 1. The molecule has 2 aromatic heterocycles. The Balaban J connectivity index is 0. The number of halogens is 8. The van der Waals surface area contributed by atoms with Crippen molar-refractivity contribution in [3.8, 4) is 29.3 Å². The summed E-state index contributed by atoms with van der Waals surface area (Å²) in [6.45, 7) is 25.5. The minimum absolute atomic E-state index is 0. The van der Waals surface area contributed by atoms with E-state index in [0.29, 0.717) is 79.3 Å². The number of hydrogen-bond donors (Lipinski definition) is 4. The number of Topliss-reactive ketones (excluding diaryl/α,β-unsaturated/α-hetero) is 3. The smallest absolute Gasteiger partial charge is 1.00 e. The van der Waals surface area contributed by atoms with Gasteiger partial charge in [-0.15, -0.1) is 12.4 Å². The normalized spacial score (nSPS) is 11.1. The first-order valence-electron chi connectivity index (χ1n) is 39.6. The Morgan fingerprint density at radius 1 is 0.555 bits per heavy atom. The first-order valence-corrected chi connectivity index (χ1v) is 41.1. The molecular weight excluding hydrogens is 1820 g/mol. The van der Waals surface area contributed by atoms with Crippen LogP contribution >= 0.6 is 39.9 Å². The summed E-state index contributed by atoms with van der Waals surface area (Å²) >= 11 is 9.03. The second-order valence-corrected chi connectivity index (χ2v) is 32.9. The van der Waals surface area contributed by atoms with Crippen molar-refractivity contribution >= 4 is 92.3 Å². The Labute approximate surface area is 815 Å². The van der Waals surface area contributed by atoms with Gasteiger partial charge in [0, 0.05) is 67.0 Å². The van der Waals surface area contributed by atoms with E-state index in [-0.39, 0.29) is 200 Å². The molecule has 0 atom stereocenters. The standard InChI is InChI=1S/C25H24F2N2O4.C22H20F2N2O3.C19H29NO5.C12H16O3.C8H15BrO2.C5H10ClN2.CHNO.CH4.2ClH.K/c26-22-10-7-18(14-23(22)27)16-29-11-1-3-21(25(29)32)24(31)4-2-12-33-20-8-5-17(6-9-20)13-19(30)15-28;23-19-10-5-15(13-20(19)24)14-26-11-1-3-18(22(26)28)21(27)4-2-12-29-17-8-6-16(25)7-9-17;1-18(2,3)24-16(21)13-14-7-9-15(10-8-14)23-12-11-20-17(22)25-19(4,5)6;1-12(2,3)15-11(14)8-9-4-6-10(13)7-5-9;1-8(2,3)11-7(10)5-4-6-9;1-7-3-4-8(2)5(7)6;2-1-3;;;;/h1,3,5-11,14H,2,4,12-13,15-16,28H2;1,3,5-11,13H,2,4,12,14,25H2;7-10H,11-13H2,1-6H3,(H,20,22);4-7,13H,8H2,1-3H3;4-6H2,1-3H3;3-4H2,1-2H3;3H;1H4;2*1H;/q;;;;;+1;;;;;+1/p-2. The van der Waals surface area contributed by atoms with E-state index in [1.54, 1.807) is 97.1 Å². The molecule has 1 amide bonds. The van der Waals surface area contributed by atoms with Gasteiger partial charge in [0.15, 0.2) is 40.6 Å². The van der Waals surface area contributed by atoms with E-state index in [0.717, 1.165) is 71.1 Å². The number of likely N-dealkylation sites (N-methyl/N-ethyl adjacent to an activating group) is 2. The average molecular weight is 1940 g/mol. The van der Waals surface area contributed by atoms with Crippen LogP contribution in [0.25, 0.3) is 0 Å². The molecule has 0 fully saturated rings. The molecule has 0 radical (unpaired) electrons. The van der Waals surface area contributed by atoms with Crippen molar-refractivity contribution in [2.45, 2.75) is 184 Å². The van der Waals surface area contributed by atoms with Crippen LogP contribution in [0.2, 0.25) is 0 Å². The maximum Gasteiger partial charge on any atom is 1.00 e. The second-order valence-electron chi connectivity index (χ2n) is 31.8. The van der Waals surface area contributed by atoms with Crippen LogP contribution in [0.15, 0.2) is 180 Å². The third kappa shape index (κ3) is 52.1. The van der Waals surface area contributed by atoms with Crippen LogP contribution in [-0.2, 0) is 70.5 Å². The number of amides is 1. The van der Waals surface area contributed by atoms with Crippen molar-refractivity contribution in [2.75, 3.05) is 71.2 Å². The van der Waals surface area contributed by atoms with Gasteiger partial charge in [0.05, 0.1) is 77.5 Å². The number of alkyl halides is 1. The zero-order valence-corrected chi connectivity index (χ0v) is 81.5. The monoisotopic (exact) mass is 1930 g/mol. The largest absolute Gasteiger partial charge is 1.00 e. The Kier molecular flexibility index (Phi) is 58.1. The Morgan fingerprint density at radius 2 is 0.914 bits per heavy atom. The molecule has 0 saturated carbocycles. The van der Waals surface area contributed by atoms with Crippen LogP contribution in [-0.4, -0.2) is 158 Å². The molecule has 0 bridgehead atoms. The number of hydrogen-bond acceptors (Lipinski definition) is 22. The van der Waals surface area contributed by atoms with E-state index in [4.69, 9.17) is 71.7 Å². The van der Waals surface area contributed by atoms with Gasteiger partial charge in [-0.25, -0.2) is 27.6 Å². The number of benzene rings is 6. The van der Waals surface area contributed by atoms with Gasteiger partial charge in [0.2, 0.25) is 0 Å². The summed E-state index contributed by atoms with van der Waals surface area (Å²) in [5, 5.41) is 28.4. The summed E-state index contributed by atoms with van der Waals surface area (Å²) in [4.78, 5) is 109. The van der Waals surface area contributed by atoms with Gasteiger partial charge in [-0.05, 0) is 239 Å².